The number of carbonyl (C=O) groups is 1. The zero-order valence-electron chi connectivity index (χ0n) is 18.8. The lowest BCUT2D eigenvalue weighted by Crippen LogP contribution is -2.42. The summed E-state index contributed by atoms with van der Waals surface area (Å²) in [6, 6.07) is 7.90. The summed E-state index contributed by atoms with van der Waals surface area (Å²) >= 11 is 0. The molecule has 2 N–H and O–H groups in total. The lowest BCUT2D eigenvalue weighted by molar-refractivity contribution is -0.129. The molecule has 1 aromatic carbocycles. The number of fused-ring (bicyclic) bond motifs is 1. The first-order chi connectivity index (χ1) is 16.4. The molecule has 2 aliphatic rings. The average Bonchev–Trinajstić information content (AvgIpc) is 3.67. The van der Waals surface area contributed by atoms with Crippen LogP contribution in [0, 0.1) is 17.2 Å². The van der Waals surface area contributed by atoms with Crippen molar-refractivity contribution in [3.63, 3.8) is 0 Å². The molecule has 4 rings (SSSR count). The molecule has 1 aliphatic carbocycles. The molecular formula is C24H27F2N5O3. The van der Waals surface area contributed by atoms with E-state index < -0.39 is 18.8 Å². The van der Waals surface area contributed by atoms with Crippen molar-refractivity contribution in [3.8, 4) is 17.7 Å². The average molecular weight is 472 g/mol. The van der Waals surface area contributed by atoms with Crippen LogP contribution in [0.25, 0.3) is 0 Å². The monoisotopic (exact) mass is 471 g/mol. The van der Waals surface area contributed by atoms with E-state index in [2.05, 4.69) is 38.3 Å². The number of anilines is 1. The minimum absolute atomic E-state index is 0.0245. The summed E-state index contributed by atoms with van der Waals surface area (Å²) in [4.78, 5) is 21.9. The second-order valence-electron chi connectivity index (χ2n) is 8.65. The van der Waals surface area contributed by atoms with Gasteiger partial charge < -0.3 is 20.1 Å². The Morgan fingerprint density at radius 2 is 2.06 bits per heavy atom. The molecule has 8 nitrogen and oxygen atoms in total. The smallest absolute Gasteiger partial charge is 0.387 e. The summed E-state index contributed by atoms with van der Waals surface area (Å²) in [5, 5.41) is 15.2. The molecule has 0 saturated heterocycles. The number of ether oxygens (including phenoxy) is 2. The van der Waals surface area contributed by atoms with E-state index in [9.17, 15) is 13.6 Å². The Morgan fingerprint density at radius 1 is 1.29 bits per heavy atom. The van der Waals surface area contributed by atoms with Crippen LogP contribution in [-0.2, 0) is 11.2 Å². The molecule has 0 unspecified atom stereocenters. The molecule has 2 aromatic rings. The van der Waals surface area contributed by atoms with Crippen molar-refractivity contribution in [2.45, 2.75) is 70.2 Å². The number of aromatic nitrogens is 2. The highest BCUT2D eigenvalue weighted by Crippen LogP contribution is 2.34. The largest absolute Gasteiger partial charge is 0.464 e. The van der Waals surface area contributed by atoms with Gasteiger partial charge >= 0.3 is 6.61 Å². The number of nitriles is 1. The maximum Gasteiger partial charge on any atom is 0.387 e. The Hall–Kier alpha value is -3.48. The predicted molar refractivity (Wildman–Crippen MR) is 119 cm³/mol. The van der Waals surface area contributed by atoms with Gasteiger partial charge in [-0.15, -0.1) is 0 Å². The summed E-state index contributed by atoms with van der Waals surface area (Å²) in [5.74, 6) is 1.23. The third-order valence-corrected chi connectivity index (χ3v) is 6.10. The number of rotatable bonds is 10. The van der Waals surface area contributed by atoms with Crippen molar-refractivity contribution in [2.75, 3.05) is 5.32 Å². The number of aryl methyl sites for hydroxylation is 1. The molecule has 0 bridgehead atoms. The van der Waals surface area contributed by atoms with E-state index in [4.69, 9.17) is 10.00 Å². The lowest BCUT2D eigenvalue weighted by Gasteiger charge is -2.27. The third-order valence-electron chi connectivity index (χ3n) is 6.10. The fraction of sp³-hybridized carbons (Fsp3) is 0.500. The molecule has 180 valence electrons. The van der Waals surface area contributed by atoms with E-state index >= 15 is 0 Å². The first kappa shape index (κ1) is 23.7. The number of alkyl halides is 2. The minimum atomic E-state index is -2.91. The third kappa shape index (κ3) is 6.10. The number of amides is 1. The lowest BCUT2D eigenvalue weighted by atomic mass is 10.0. The van der Waals surface area contributed by atoms with Crippen LogP contribution in [0.5, 0.6) is 11.6 Å². The summed E-state index contributed by atoms with van der Waals surface area (Å²) < 4.78 is 35.1. The van der Waals surface area contributed by atoms with Crippen LogP contribution >= 0.6 is 0 Å². The second kappa shape index (κ2) is 10.6. The first-order valence-corrected chi connectivity index (χ1v) is 11.4. The molecule has 34 heavy (non-hydrogen) atoms. The Balaban J connectivity index is 1.41. The molecule has 1 saturated carbocycles. The Bertz CT molecular complexity index is 1040. The summed E-state index contributed by atoms with van der Waals surface area (Å²) in [6.45, 7) is -0.812. The fourth-order valence-corrected chi connectivity index (χ4v) is 3.99. The number of nitrogens with zero attached hydrogens (tertiary/aromatic N) is 3. The molecule has 2 heterocycles. The van der Waals surface area contributed by atoms with E-state index in [1.807, 2.05) is 0 Å². The Morgan fingerprint density at radius 3 is 2.74 bits per heavy atom. The molecule has 1 aromatic heterocycles. The second-order valence-corrected chi connectivity index (χ2v) is 8.65. The van der Waals surface area contributed by atoms with E-state index in [1.165, 1.54) is 25.0 Å². The predicted octanol–water partition coefficient (Wildman–Crippen LogP) is 4.14. The standard InChI is InChI=1S/C24H27F2N5O3/c1-14(15-4-5-15)29-24-28-13-17-8-11-20(34-22(17)31-24)21(32)30-19(3-2-12-27)16-6-9-18(10-7-16)33-23(25)26/h6-7,9-10,13-15,19-20,23H,2-5,8,11H2,1H3,(H,30,32)(H,28,29,31)/t14-,19-,20+/m1/s1. The van der Waals surface area contributed by atoms with Crippen LogP contribution in [-0.4, -0.2) is 34.6 Å². The molecule has 1 aliphatic heterocycles. The van der Waals surface area contributed by atoms with Gasteiger partial charge in [-0.05, 0) is 62.6 Å². The fourth-order valence-electron chi connectivity index (χ4n) is 3.99. The number of hydrogen-bond donors (Lipinski definition) is 2. The Kier molecular flexibility index (Phi) is 7.40. The van der Waals surface area contributed by atoms with Gasteiger partial charge in [-0.1, -0.05) is 12.1 Å². The van der Waals surface area contributed by atoms with Gasteiger partial charge in [0.2, 0.25) is 11.8 Å². The van der Waals surface area contributed by atoms with Gasteiger partial charge in [0.1, 0.15) is 5.75 Å². The maximum atomic E-state index is 13.0. The highest BCUT2D eigenvalue weighted by atomic mass is 19.3. The van der Waals surface area contributed by atoms with Crippen LogP contribution < -0.4 is 20.1 Å². The van der Waals surface area contributed by atoms with Crippen molar-refractivity contribution < 1.29 is 23.0 Å². The molecule has 1 amide bonds. The summed E-state index contributed by atoms with van der Waals surface area (Å²) in [7, 11) is 0. The Labute approximate surface area is 196 Å². The number of halogens is 2. The van der Waals surface area contributed by atoms with E-state index in [1.54, 1.807) is 18.3 Å². The normalized spacial score (nSPS) is 18.7. The molecular weight excluding hydrogens is 444 g/mol. The van der Waals surface area contributed by atoms with Crippen molar-refractivity contribution in [1.29, 1.82) is 5.26 Å². The van der Waals surface area contributed by atoms with Gasteiger partial charge in [-0.2, -0.15) is 19.0 Å². The quantitative estimate of drug-likeness (QED) is 0.536. The van der Waals surface area contributed by atoms with Crippen LogP contribution in [0.1, 0.15) is 56.2 Å². The number of carbonyl (C=O) groups excluding carboxylic acids is 1. The molecule has 3 atom stereocenters. The van der Waals surface area contributed by atoms with Gasteiger partial charge in [0, 0.05) is 24.2 Å². The van der Waals surface area contributed by atoms with Crippen LogP contribution in [0.3, 0.4) is 0 Å². The van der Waals surface area contributed by atoms with Crippen molar-refractivity contribution in [1.82, 2.24) is 15.3 Å². The van der Waals surface area contributed by atoms with Gasteiger partial charge in [-0.3, -0.25) is 4.79 Å². The van der Waals surface area contributed by atoms with Crippen LogP contribution in [0.2, 0.25) is 0 Å². The number of benzene rings is 1. The SMILES string of the molecule is C[C@@H](Nc1ncc2c(n1)O[C@H](C(=O)N[C@H](CCC#N)c1ccc(OC(F)F)cc1)CC2)C1CC1. The van der Waals surface area contributed by atoms with E-state index in [-0.39, 0.29) is 24.1 Å². The summed E-state index contributed by atoms with van der Waals surface area (Å²) in [5.41, 5.74) is 1.54. The number of hydrogen-bond acceptors (Lipinski definition) is 7. The highest BCUT2D eigenvalue weighted by molar-refractivity contribution is 5.82. The van der Waals surface area contributed by atoms with E-state index in [0.717, 1.165) is 5.56 Å². The van der Waals surface area contributed by atoms with Crippen LogP contribution in [0.15, 0.2) is 30.5 Å². The van der Waals surface area contributed by atoms with Crippen molar-refractivity contribution in [2.24, 2.45) is 5.92 Å². The van der Waals surface area contributed by atoms with Crippen molar-refractivity contribution in [3.05, 3.63) is 41.6 Å². The first-order valence-electron chi connectivity index (χ1n) is 11.4. The molecule has 0 spiro atoms. The van der Waals surface area contributed by atoms with Gasteiger partial charge in [0.15, 0.2) is 6.10 Å². The molecule has 10 heteroatoms. The van der Waals surface area contributed by atoms with Crippen LogP contribution in [0.4, 0.5) is 14.7 Å². The molecule has 1 fully saturated rings. The topological polar surface area (TPSA) is 109 Å². The highest BCUT2D eigenvalue weighted by Gasteiger charge is 2.31. The number of nitrogens with one attached hydrogen (secondary N) is 2. The van der Waals surface area contributed by atoms with E-state index in [0.29, 0.717) is 42.6 Å². The summed E-state index contributed by atoms with van der Waals surface area (Å²) in [6.07, 6.45) is 5.07. The van der Waals surface area contributed by atoms with Gasteiger partial charge in [0.25, 0.3) is 5.91 Å². The minimum Gasteiger partial charge on any atom is -0.464 e. The zero-order valence-corrected chi connectivity index (χ0v) is 18.8. The zero-order chi connectivity index (χ0) is 24.1. The van der Waals surface area contributed by atoms with Gasteiger partial charge in [0.05, 0.1) is 12.1 Å². The maximum absolute atomic E-state index is 13.0. The molecule has 0 radical (unpaired) electrons. The van der Waals surface area contributed by atoms with Gasteiger partial charge in [-0.25, -0.2) is 4.98 Å². The van der Waals surface area contributed by atoms with Crippen molar-refractivity contribution >= 4 is 11.9 Å².